The number of thioether (sulfide) groups is 1. The minimum absolute atomic E-state index is 0.243. The largest absolute Gasteiger partial charge is 0.466 e. The minimum atomic E-state index is -0.761. The van der Waals surface area contributed by atoms with Gasteiger partial charge < -0.3 is 19.4 Å². The molecule has 8 heteroatoms. The zero-order chi connectivity index (χ0) is 21.0. The molecule has 0 radical (unpaired) electrons. The molecule has 2 aromatic rings. The Balaban J connectivity index is 1.60. The minimum Gasteiger partial charge on any atom is -0.466 e. The number of carbonyl (C=O) groups excluding carboxylic acids is 3. The highest BCUT2D eigenvalue weighted by Gasteiger charge is 2.43. The monoisotopic (exact) mass is 416 g/mol. The standard InChI is InChI=1S/C21H24N2O5S/c1-13(2)15-7-4-5-8-16(15)22-19(25)11-28-21(26)17-12-29-20(23(17)14(3)24)18-9-6-10-27-18/h4-10,13,17,20H,11-12H2,1-3H3,(H,22,25)/t17-,20+/m1/s1. The van der Waals surface area contributed by atoms with Gasteiger partial charge in [-0.2, -0.15) is 0 Å². The number of carbonyl (C=O) groups is 3. The van der Waals surface area contributed by atoms with Gasteiger partial charge in [0.05, 0.1) is 6.26 Å². The van der Waals surface area contributed by atoms with Gasteiger partial charge in [-0.25, -0.2) is 4.79 Å². The predicted molar refractivity (Wildman–Crippen MR) is 110 cm³/mol. The number of anilines is 1. The molecule has 0 saturated carbocycles. The van der Waals surface area contributed by atoms with Crippen LogP contribution in [-0.4, -0.2) is 41.1 Å². The molecule has 7 nitrogen and oxygen atoms in total. The molecule has 2 atom stereocenters. The molecule has 2 amide bonds. The lowest BCUT2D eigenvalue weighted by Crippen LogP contribution is -2.43. The van der Waals surface area contributed by atoms with Crippen molar-refractivity contribution < 1.29 is 23.5 Å². The quantitative estimate of drug-likeness (QED) is 0.725. The smallest absolute Gasteiger partial charge is 0.330 e. The number of ether oxygens (including phenoxy) is 1. The fourth-order valence-corrected chi connectivity index (χ4v) is 4.67. The van der Waals surface area contributed by atoms with Gasteiger partial charge in [0, 0.05) is 18.4 Å². The molecule has 1 N–H and O–H groups in total. The second-order valence-corrected chi connectivity index (χ2v) is 8.15. The normalized spacial score (nSPS) is 18.7. The lowest BCUT2D eigenvalue weighted by Gasteiger charge is -2.25. The van der Waals surface area contributed by atoms with E-state index in [2.05, 4.69) is 5.32 Å². The van der Waals surface area contributed by atoms with Gasteiger partial charge in [0.1, 0.15) is 17.2 Å². The molecule has 1 aromatic carbocycles. The Hall–Kier alpha value is -2.74. The number of rotatable bonds is 6. The highest BCUT2D eigenvalue weighted by atomic mass is 32.2. The van der Waals surface area contributed by atoms with Crippen molar-refractivity contribution in [2.24, 2.45) is 0 Å². The number of nitrogens with zero attached hydrogens (tertiary/aromatic N) is 1. The van der Waals surface area contributed by atoms with Gasteiger partial charge >= 0.3 is 5.97 Å². The molecule has 154 valence electrons. The third-order valence-electron chi connectivity index (χ3n) is 4.63. The van der Waals surface area contributed by atoms with Gasteiger partial charge in [0.2, 0.25) is 5.91 Å². The van der Waals surface area contributed by atoms with Gasteiger partial charge in [0.15, 0.2) is 6.61 Å². The number of hydrogen-bond donors (Lipinski definition) is 1. The van der Waals surface area contributed by atoms with Crippen molar-refractivity contribution in [3.05, 3.63) is 54.0 Å². The fourth-order valence-electron chi connectivity index (χ4n) is 3.26. The van der Waals surface area contributed by atoms with E-state index in [9.17, 15) is 14.4 Å². The van der Waals surface area contributed by atoms with Gasteiger partial charge in [-0.1, -0.05) is 32.0 Å². The Morgan fingerprint density at radius 2 is 2.00 bits per heavy atom. The van der Waals surface area contributed by atoms with Crippen LogP contribution in [0.3, 0.4) is 0 Å². The van der Waals surface area contributed by atoms with Crippen LogP contribution >= 0.6 is 11.8 Å². The van der Waals surface area contributed by atoms with Crippen LogP contribution in [0.4, 0.5) is 5.69 Å². The Morgan fingerprint density at radius 3 is 2.66 bits per heavy atom. The van der Waals surface area contributed by atoms with Crippen LogP contribution < -0.4 is 5.32 Å². The average Bonchev–Trinajstić information content (AvgIpc) is 3.35. The summed E-state index contributed by atoms with van der Waals surface area (Å²) >= 11 is 1.42. The summed E-state index contributed by atoms with van der Waals surface area (Å²) in [6.45, 7) is 5.06. The molecule has 1 aromatic heterocycles. The zero-order valence-corrected chi connectivity index (χ0v) is 17.4. The van der Waals surface area contributed by atoms with Crippen molar-refractivity contribution in [3.63, 3.8) is 0 Å². The molecule has 2 heterocycles. The molecule has 29 heavy (non-hydrogen) atoms. The van der Waals surface area contributed by atoms with E-state index in [4.69, 9.17) is 9.15 Å². The zero-order valence-electron chi connectivity index (χ0n) is 16.6. The Bertz CT molecular complexity index is 881. The summed E-state index contributed by atoms with van der Waals surface area (Å²) in [4.78, 5) is 38.4. The van der Waals surface area contributed by atoms with Crippen LogP contribution in [0.5, 0.6) is 0 Å². The molecular formula is C21H24N2O5S. The lowest BCUT2D eigenvalue weighted by atomic mass is 10.0. The van der Waals surface area contributed by atoms with Crippen LogP contribution in [0.25, 0.3) is 0 Å². The van der Waals surface area contributed by atoms with Gasteiger partial charge in [-0.15, -0.1) is 11.8 Å². The first-order chi connectivity index (χ1) is 13.9. The molecule has 1 fully saturated rings. The molecule has 0 aliphatic carbocycles. The Labute approximate surface area is 173 Å². The number of nitrogens with one attached hydrogen (secondary N) is 1. The molecule has 0 spiro atoms. The lowest BCUT2D eigenvalue weighted by molar-refractivity contribution is -0.155. The average molecular weight is 416 g/mol. The molecule has 1 aliphatic heterocycles. The van der Waals surface area contributed by atoms with Crippen molar-refractivity contribution >= 4 is 35.2 Å². The van der Waals surface area contributed by atoms with Crippen molar-refractivity contribution in [3.8, 4) is 0 Å². The highest BCUT2D eigenvalue weighted by Crippen LogP contribution is 2.41. The van der Waals surface area contributed by atoms with E-state index in [1.165, 1.54) is 29.8 Å². The van der Waals surface area contributed by atoms with Crippen molar-refractivity contribution in [2.75, 3.05) is 17.7 Å². The Morgan fingerprint density at radius 1 is 1.24 bits per heavy atom. The summed E-state index contributed by atoms with van der Waals surface area (Å²) in [6, 6.07) is 10.2. The summed E-state index contributed by atoms with van der Waals surface area (Å²) in [5.41, 5.74) is 1.70. The van der Waals surface area contributed by atoms with Crippen molar-refractivity contribution in [1.82, 2.24) is 4.90 Å². The summed E-state index contributed by atoms with van der Waals surface area (Å²) in [6.07, 6.45) is 1.53. The number of amides is 2. The molecular weight excluding hydrogens is 392 g/mol. The van der Waals surface area contributed by atoms with E-state index >= 15 is 0 Å². The molecule has 0 unspecified atom stereocenters. The van der Waals surface area contributed by atoms with Gasteiger partial charge in [-0.3, -0.25) is 9.59 Å². The first-order valence-corrected chi connectivity index (χ1v) is 10.4. The maximum atomic E-state index is 12.6. The summed E-state index contributed by atoms with van der Waals surface area (Å²) in [5.74, 6) is -0.0609. The molecule has 1 aliphatic rings. The van der Waals surface area contributed by atoms with Crippen LogP contribution in [-0.2, 0) is 19.1 Å². The van der Waals surface area contributed by atoms with Crippen molar-refractivity contribution in [2.45, 2.75) is 38.1 Å². The van der Waals surface area contributed by atoms with E-state index in [0.717, 1.165) is 5.56 Å². The van der Waals surface area contributed by atoms with E-state index in [-0.39, 0.29) is 17.2 Å². The van der Waals surface area contributed by atoms with E-state index in [1.54, 1.807) is 12.1 Å². The first-order valence-electron chi connectivity index (χ1n) is 9.37. The fraction of sp³-hybridized carbons (Fsp3) is 0.381. The third-order valence-corrected chi connectivity index (χ3v) is 5.91. The summed E-state index contributed by atoms with van der Waals surface area (Å²) < 4.78 is 10.6. The van der Waals surface area contributed by atoms with Crippen LogP contribution in [0.15, 0.2) is 47.1 Å². The highest BCUT2D eigenvalue weighted by molar-refractivity contribution is 7.99. The van der Waals surface area contributed by atoms with Crippen LogP contribution in [0.2, 0.25) is 0 Å². The molecule has 3 rings (SSSR count). The molecule has 0 bridgehead atoms. The van der Waals surface area contributed by atoms with Gasteiger partial charge in [-0.05, 0) is 29.7 Å². The van der Waals surface area contributed by atoms with E-state index in [0.29, 0.717) is 17.2 Å². The first kappa shape index (κ1) is 21.0. The maximum Gasteiger partial charge on any atom is 0.330 e. The number of hydrogen-bond acceptors (Lipinski definition) is 6. The van der Waals surface area contributed by atoms with Crippen LogP contribution in [0.1, 0.15) is 43.4 Å². The van der Waals surface area contributed by atoms with Crippen LogP contribution in [0, 0.1) is 0 Å². The third kappa shape index (κ3) is 4.82. The number of furan rings is 1. The topological polar surface area (TPSA) is 88.8 Å². The Kier molecular flexibility index (Phi) is 6.64. The number of benzene rings is 1. The maximum absolute atomic E-state index is 12.6. The summed E-state index contributed by atoms with van der Waals surface area (Å²) in [7, 11) is 0. The van der Waals surface area contributed by atoms with E-state index in [1.807, 2.05) is 38.1 Å². The van der Waals surface area contributed by atoms with Gasteiger partial charge in [0.25, 0.3) is 5.91 Å². The second kappa shape index (κ2) is 9.17. The second-order valence-electron chi connectivity index (χ2n) is 7.04. The SMILES string of the molecule is CC(=O)N1[C@@H](C(=O)OCC(=O)Nc2ccccc2C(C)C)CS[C@H]1c1ccco1. The van der Waals surface area contributed by atoms with E-state index < -0.39 is 24.5 Å². The summed E-state index contributed by atoms with van der Waals surface area (Å²) in [5, 5.41) is 2.40. The molecule has 1 saturated heterocycles. The number of para-hydroxylation sites is 1. The number of esters is 1. The predicted octanol–water partition coefficient (Wildman–Crippen LogP) is 3.55. The van der Waals surface area contributed by atoms with Crippen molar-refractivity contribution in [1.29, 1.82) is 0 Å².